The van der Waals surface area contributed by atoms with E-state index in [1.807, 2.05) is 11.8 Å². The zero-order valence-corrected chi connectivity index (χ0v) is 12.4. The Morgan fingerprint density at radius 1 is 1.44 bits per heavy atom. The van der Waals surface area contributed by atoms with Crippen LogP contribution in [-0.2, 0) is 12.3 Å². The highest BCUT2D eigenvalue weighted by Gasteiger charge is 2.05. The molecule has 4 nitrogen and oxygen atoms in total. The van der Waals surface area contributed by atoms with E-state index in [0.29, 0.717) is 23.4 Å². The molecule has 0 aliphatic heterocycles. The Balaban J connectivity index is 2.59. The molecule has 0 fully saturated rings. The first-order chi connectivity index (χ1) is 8.52. The van der Waals surface area contributed by atoms with E-state index in [1.54, 1.807) is 6.20 Å². The van der Waals surface area contributed by atoms with Gasteiger partial charge in [-0.2, -0.15) is 11.8 Å². The van der Waals surface area contributed by atoms with Gasteiger partial charge < -0.3 is 10.3 Å². The number of thioether (sulfide) groups is 1. The van der Waals surface area contributed by atoms with E-state index in [0.717, 1.165) is 18.0 Å². The molecule has 1 heterocycles. The Morgan fingerprint density at radius 3 is 2.72 bits per heavy atom. The fourth-order valence-electron chi connectivity index (χ4n) is 1.31. The van der Waals surface area contributed by atoms with Crippen LogP contribution in [-0.4, -0.2) is 21.3 Å². The van der Waals surface area contributed by atoms with E-state index in [9.17, 15) is 4.79 Å². The van der Waals surface area contributed by atoms with Crippen LogP contribution in [0.4, 0.5) is 0 Å². The van der Waals surface area contributed by atoms with Crippen molar-refractivity contribution in [1.82, 2.24) is 15.3 Å². The summed E-state index contributed by atoms with van der Waals surface area (Å²) in [5.41, 5.74) is 0.666. The maximum atomic E-state index is 11.8. The Labute approximate surface area is 113 Å². The highest BCUT2D eigenvalue weighted by Crippen LogP contribution is 2.16. The van der Waals surface area contributed by atoms with Gasteiger partial charge in [-0.3, -0.25) is 4.79 Å². The number of aromatic nitrogens is 2. The van der Waals surface area contributed by atoms with Gasteiger partial charge in [-0.05, 0) is 6.42 Å². The van der Waals surface area contributed by atoms with Crippen LogP contribution in [0.5, 0.6) is 0 Å². The maximum Gasteiger partial charge on any atom is 0.255 e. The summed E-state index contributed by atoms with van der Waals surface area (Å²) in [4.78, 5) is 19.0. The second-order valence-electron chi connectivity index (χ2n) is 4.75. The standard InChI is InChI=1S/C13H23N3OS/c1-5-10(4)18-8-12-15-7-11(13(17)16-12)6-14-9(2)3/h7,9-10,14H,5-6,8H2,1-4H3,(H,15,16,17). The van der Waals surface area contributed by atoms with Crippen molar-refractivity contribution >= 4 is 11.8 Å². The summed E-state index contributed by atoms with van der Waals surface area (Å²) in [6, 6.07) is 0.366. The molecule has 18 heavy (non-hydrogen) atoms. The molecule has 0 radical (unpaired) electrons. The van der Waals surface area contributed by atoms with E-state index in [1.165, 1.54) is 0 Å². The van der Waals surface area contributed by atoms with E-state index in [4.69, 9.17) is 0 Å². The first-order valence-corrected chi connectivity index (χ1v) is 7.49. The number of hydrogen-bond acceptors (Lipinski definition) is 4. The predicted octanol–water partition coefficient (Wildman–Crippen LogP) is 2.30. The van der Waals surface area contributed by atoms with Crippen molar-refractivity contribution in [2.45, 2.75) is 57.7 Å². The molecule has 1 rings (SSSR count). The topological polar surface area (TPSA) is 57.8 Å². The number of nitrogens with one attached hydrogen (secondary N) is 2. The van der Waals surface area contributed by atoms with Gasteiger partial charge in [-0.1, -0.05) is 27.7 Å². The molecule has 2 N–H and O–H groups in total. The Kier molecular flexibility index (Phi) is 6.43. The zero-order chi connectivity index (χ0) is 13.5. The second-order valence-corrected chi connectivity index (χ2v) is 6.18. The first kappa shape index (κ1) is 15.2. The highest BCUT2D eigenvalue weighted by molar-refractivity contribution is 7.99. The lowest BCUT2D eigenvalue weighted by molar-refractivity contribution is 0.584. The normalized spacial score (nSPS) is 12.9. The molecule has 0 aliphatic carbocycles. The average molecular weight is 269 g/mol. The third-order valence-corrected chi connectivity index (χ3v) is 4.05. The van der Waals surface area contributed by atoms with Gasteiger partial charge in [0, 0.05) is 29.6 Å². The molecule has 1 aromatic heterocycles. The maximum absolute atomic E-state index is 11.8. The van der Waals surface area contributed by atoms with Crippen LogP contribution in [0.25, 0.3) is 0 Å². The quantitative estimate of drug-likeness (QED) is 0.797. The summed E-state index contributed by atoms with van der Waals surface area (Å²) in [6.45, 7) is 9.02. The van der Waals surface area contributed by atoms with Crippen LogP contribution < -0.4 is 10.9 Å². The molecule has 1 aromatic rings. The molecule has 102 valence electrons. The Hall–Kier alpha value is -0.810. The lowest BCUT2D eigenvalue weighted by atomic mass is 10.3. The summed E-state index contributed by atoms with van der Waals surface area (Å²) in [5.74, 6) is 1.53. The molecule has 1 atom stereocenters. The van der Waals surface area contributed by atoms with Gasteiger partial charge in [-0.15, -0.1) is 0 Å². The molecule has 0 aromatic carbocycles. The third kappa shape index (κ3) is 5.23. The van der Waals surface area contributed by atoms with Gasteiger partial charge in [0.1, 0.15) is 5.82 Å². The number of aromatic amines is 1. The van der Waals surface area contributed by atoms with Gasteiger partial charge in [0.25, 0.3) is 5.56 Å². The van der Waals surface area contributed by atoms with Crippen molar-refractivity contribution in [1.29, 1.82) is 0 Å². The summed E-state index contributed by atoms with van der Waals surface area (Å²) >= 11 is 1.81. The summed E-state index contributed by atoms with van der Waals surface area (Å²) in [6.07, 6.45) is 2.81. The van der Waals surface area contributed by atoms with Crippen LogP contribution in [0.1, 0.15) is 45.5 Å². The average Bonchev–Trinajstić information content (AvgIpc) is 2.34. The van der Waals surface area contributed by atoms with Gasteiger partial charge in [-0.25, -0.2) is 4.98 Å². The summed E-state index contributed by atoms with van der Waals surface area (Å²) < 4.78 is 0. The number of hydrogen-bond donors (Lipinski definition) is 2. The van der Waals surface area contributed by atoms with E-state index < -0.39 is 0 Å². The third-order valence-electron chi connectivity index (χ3n) is 2.71. The van der Waals surface area contributed by atoms with Crippen molar-refractivity contribution in [3.05, 3.63) is 27.9 Å². The van der Waals surface area contributed by atoms with Gasteiger partial charge >= 0.3 is 0 Å². The smallest absolute Gasteiger partial charge is 0.255 e. The van der Waals surface area contributed by atoms with Gasteiger partial charge in [0.2, 0.25) is 0 Å². The lowest BCUT2D eigenvalue weighted by Crippen LogP contribution is -2.27. The predicted molar refractivity (Wildman–Crippen MR) is 77.9 cm³/mol. The zero-order valence-electron chi connectivity index (χ0n) is 11.6. The molecule has 5 heteroatoms. The van der Waals surface area contributed by atoms with Crippen LogP contribution in [0.2, 0.25) is 0 Å². The van der Waals surface area contributed by atoms with E-state index >= 15 is 0 Å². The minimum absolute atomic E-state index is 0.0297. The number of nitrogens with zero attached hydrogens (tertiary/aromatic N) is 1. The van der Waals surface area contributed by atoms with Crippen LogP contribution >= 0.6 is 11.8 Å². The van der Waals surface area contributed by atoms with Crippen LogP contribution in [0.15, 0.2) is 11.0 Å². The molecule has 1 unspecified atom stereocenters. The monoisotopic (exact) mass is 269 g/mol. The van der Waals surface area contributed by atoms with Crippen molar-refractivity contribution in [2.24, 2.45) is 0 Å². The molecular formula is C13H23N3OS. The second kappa shape index (κ2) is 7.59. The number of H-pyrrole nitrogens is 1. The van der Waals surface area contributed by atoms with Crippen molar-refractivity contribution < 1.29 is 0 Å². The molecule has 0 spiro atoms. The fraction of sp³-hybridized carbons (Fsp3) is 0.692. The van der Waals surface area contributed by atoms with E-state index in [2.05, 4.69) is 43.0 Å². The molecule has 0 amide bonds. The van der Waals surface area contributed by atoms with Crippen LogP contribution in [0, 0.1) is 0 Å². The molecule has 0 aliphatic rings. The van der Waals surface area contributed by atoms with Crippen LogP contribution in [0.3, 0.4) is 0 Å². The Morgan fingerprint density at radius 2 is 2.17 bits per heavy atom. The summed E-state index contributed by atoms with van der Waals surface area (Å²) in [5, 5.41) is 3.81. The minimum atomic E-state index is -0.0297. The van der Waals surface area contributed by atoms with Gasteiger partial charge in [0.05, 0.1) is 5.75 Å². The van der Waals surface area contributed by atoms with Crippen molar-refractivity contribution in [3.63, 3.8) is 0 Å². The summed E-state index contributed by atoms with van der Waals surface area (Å²) in [7, 11) is 0. The molecule has 0 saturated carbocycles. The SMILES string of the molecule is CCC(C)SCc1ncc(CNC(C)C)c(=O)[nH]1. The molecular weight excluding hydrogens is 246 g/mol. The van der Waals surface area contributed by atoms with E-state index in [-0.39, 0.29) is 5.56 Å². The van der Waals surface area contributed by atoms with Gasteiger partial charge in [0.15, 0.2) is 0 Å². The minimum Gasteiger partial charge on any atom is -0.310 e. The van der Waals surface area contributed by atoms with Crippen molar-refractivity contribution in [3.8, 4) is 0 Å². The highest BCUT2D eigenvalue weighted by atomic mass is 32.2. The van der Waals surface area contributed by atoms with Crippen molar-refractivity contribution in [2.75, 3.05) is 0 Å². The first-order valence-electron chi connectivity index (χ1n) is 6.45. The number of rotatable bonds is 7. The molecule has 0 saturated heterocycles. The fourth-order valence-corrected chi connectivity index (χ4v) is 2.14. The molecule has 0 bridgehead atoms. The Bertz CT molecular complexity index is 417. The largest absolute Gasteiger partial charge is 0.310 e. The lowest BCUT2D eigenvalue weighted by Gasteiger charge is -2.09.